The van der Waals surface area contributed by atoms with Gasteiger partial charge in [-0.25, -0.2) is 4.79 Å². The van der Waals surface area contributed by atoms with Crippen LogP contribution in [0.15, 0.2) is 41.8 Å². The van der Waals surface area contributed by atoms with E-state index in [0.717, 1.165) is 5.69 Å². The molecule has 0 aliphatic heterocycles. The molecule has 1 aromatic carbocycles. The Morgan fingerprint density at radius 2 is 2.06 bits per heavy atom. The summed E-state index contributed by atoms with van der Waals surface area (Å²) in [6, 6.07) is 11.9. The van der Waals surface area contributed by atoms with Crippen molar-refractivity contribution in [1.82, 2.24) is 0 Å². The zero-order valence-corrected chi connectivity index (χ0v) is 10.3. The highest BCUT2D eigenvalue weighted by Crippen LogP contribution is 2.23. The maximum Gasteiger partial charge on any atom is 0.350 e. The first kappa shape index (κ1) is 11.7. The molecule has 0 amide bonds. The highest BCUT2D eigenvalue weighted by molar-refractivity contribution is 7.12. The first-order valence-corrected chi connectivity index (χ1v) is 6.13. The monoisotopic (exact) mass is 247 g/mol. The molecule has 0 fully saturated rings. The Morgan fingerprint density at radius 1 is 1.29 bits per heavy atom. The third kappa shape index (κ3) is 2.85. The first-order valence-electron chi connectivity index (χ1n) is 5.25. The summed E-state index contributed by atoms with van der Waals surface area (Å²) in [6.45, 7) is 0.696. The lowest BCUT2D eigenvalue weighted by Crippen LogP contribution is -2.05. The topological polar surface area (TPSA) is 38.3 Å². The molecule has 2 aromatic rings. The molecule has 0 aliphatic carbocycles. The summed E-state index contributed by atoms with van der Waals surface area (Å²) < 4.78 is 4.72. The number of benzene rings is 1. The predicted molar refractivity (Wildman–Crippen MR) is 69.4 cm³/mol. The van der Waals surface area contributed by atoms with Gasteiger partial charge in [0, 0.05) is 6.54 Å². The Kier molecular flexibility index (Phi) is 3.77. The molecule has 0 saturated heterocycles. The highest BCUT2D eigenvalue weighted by atomic mass is 32.1. The molecule has 1 heterocycles. The molecule has 0 aliphatic rings. The maximum absolute atomic E-state index is 11.5. The fraction of sp³-hybridized carbons (Fsp3) is 0.154. The van der Waals surface area contributed by atoms with Crippen molar-refractivity contribution in [3.8, 4) is 0 Å². The van der Waals surface area contributed by atoms with E-state index >= 15 is 0 Å². The van der Waals surface area contributed by atoms with Crippen LogP contribution in [0.2, 0.25) is 0 Å². The number of ether oxygens (including phenoxy) is 1. The zero-order valence-electron chi connectivity index (χ0n) is 9.47. The minimum Gasteiger partial charge on any atom is -0.465 e. The third-order valence-electron chi connectivity index (χ3n) is 2.36. The lowest BCUT2D eigenvalue weighted by molar-refractivity contribution is 0.0607. The van der Waals surface area contributed by atoms with Crippen molar-refractivity contribution in [3.63, 3.8) is 0 Å². The molecular weight excluding hydrogens is 234 g/mol. The van der Waals surface area contributed by atoms with Crippen molar-refractivity contribution < 1.29 is 9.53 Å². The Hall–Kier alpha value is -1.81. The number of nitrogens with one attached hydrogen (secondary N) is 1. The van der Waals surface area contributed by atoms with Gasteiger partial charge in [-0.15, -0.1) is 11.3 Å². The van der Waals surface area contributed by atoms with Crippen LogP contribution in [0.3, 0.4) is 0 Å². The highest BCUT2D eigenvalue weighted by Gasteiger charge is 2.12. The van der Waals surface area contributed by atoms with Crippen molar-refractivity contribution in [2.45, 2.75) is 6.54 Å². The molecule has 0 atom stereocenters. The van der Waals surface area contributed by atoms with Gasteiger partial charge in [0.2, 0.25) is 0 Å². The van der Waals surface area contributed by atoms with Crippen molar-refractivity contribution in [3.05, 3.63) is 52.2 Å². The van der Waals surface area contributed by atoms with E-state index in [0.29, 0.717) is 11.4 Å². The van der Waals surface area contributed by atoms with Crippen molar-refractivity contribution in [2.75, 3.05) is 12.4 Å². The molecular formula is C13H13NO2S. The SMILES string of the molecule is COC(=O)c1sccc1NCc1ccccc1. The molecule has 0 unspecified atom stereocenters. The number of esters is 1. The summed E-state index contributed by atoms with van der Waals surface area (Å²) in [6.07, 6.45) is 0. The number of rotatable bonds is 4. The molecule has 0 bridgehead atoms. The lowest BCUT2D eigenvalue weighted by atomic mass is 10.2. The Bertz CT molecular complexity index is 493. The first-order chi connectivity index (χ1) is 8.31. The number of methoxy groups -OCH3 is 1. The second-order valence-electron chi connectivity index (χ2n) is 3.49. The fourth-order valence-electron chi connectivity index (χ4n) is 1.49. The molecule has 1 N–H and O–H groups in total. The molecule has 0 radical (unpaired) electrons. The van der Waals surface area contributed by atoms with E-state index in [2.05, 4.69) is 5.32 Å². The number of thiophene rings is 1. The van der Waals surface area contributed by atoms with Crippen molar-refractivity contribution in [2.24, 2.45) is 0 Å². The smallest absolute Gasteiger partial charge is 0.350 e. The Morgan fingerprint density at radius 3 is 2.76 bits per heavy atom. The summed E-state index contributed by atoms with van der Waals surface area (Å²) in [5.74, 6) is -0.296. The summed E-state index contributed by atoms with van der Waals surface area (Å²) in [4.78, 5) is 12.1. The summed E-state index contributed by atoms with van der Waals surface area (Å²) in [5.41, 5.74) is 2.00. The maximum atomic E-state index is 11.5. The van der Waals surface area contributed by atoms with Crippen molar-refractivity contribution >= 4 is 23.0 Å². The second kappa shape index (κ2) is 5.50. The lowest BCUT2D eigenvalue weighted by Gasteiger charge is -2.06. The van der Waals surface area contributed by atoms with Crippen molar-refractivity contribution in [1.29, 1.82) is 0 Å². The quantitative estimate of drug-likeness (QED) is 0.843. The average molecular weight is 247 g/mol. The molecule has 17 heavy (non-hydrogen) atoms. The Balaban J connectivity index is 2.05. The third-order valence-corrected chi connectivity index (χ3v) is 3.26. The van der Waals surface area contributed by atoms with E-state index < -0.39 is 0 Å². The Labute approximate surface area is 104 Å². The van der Waals surface area contributed by atoms with Gasteiger partial charge < -0.3 is 10.1 Å². The van der Waals surface area contributed by atoms with Gasteiger partial charge in [0.05, 0.1) is 12.8 Å². The van der Waals surface area contributed by atoms with E-state index in [-0.39, 0.29) is 5.97 Å². The molecule has 1 aromatic heterocycles. The minimum atomic E-state index is -0.296. The van der Waals surface area contributed by atoms with Gasteiger partial charge in [0.1, 0.15) is 4.88 Å². The molecule has 0 saturated carbocycles. The summed E-state index contributed by atoms with van der Waals surface area (Å²) >= 11 is 1.38. The number of anilines is 1. The van der Waals surface area contributed by atoms with E-state index in [1.807, 2.05) is 41.8 Å². The average Bonchev–Trinajstić information content (AvgIpc) is 2.85. The second-order valence-corrected chi connectivity index (χ2v) is 4.41. The molecule has 88 valence electrons. The number of carbonyl (C=O) groups is 1. The van der Waals surface area contributed by atoms with Gasteiger partial charge in [0.15, 0.2) is 0 Å². The minimum absolute atomic E-state index is 0.296. The van der Waals surface area contributed by atoms with Gasteiger partial charge in [-0.05, 0) is 17.0 Å². The van der Waals surface area contributed by atoms with Crippen LogP contribution >= 0.6 is 11.3 Å². The zero-order chi connectivity index (χ0) is 12.1. The van der Waals surface area contributed by atoms with Crippen LogP contribution in [0.25, 0.3) is 0 Å². The largest absolute Gasteiger partial charge is 0.465 e. The fourth-order valence-corrected chi connectivity index (χ4v) is 2.28. The normalized spacial score (nSPS) is 9.94. The van der Waals surface area contributed by atoms with Crippen LogP contribution in [0, 0.1) is 0 Å². The van der Waals surface area contributed by atoms with E-state index in [4.69, 9.17) is 4.74 Å². The molecule has 3 nitrogen and oxygen atoms in total. The van der Waals surface area contributed by atoms with Crippen LogP contribution < -0.4 is 5.32 Å². The standard InChI is InChI=1S/C13H13NO2S/c1-16-13(15)12-11(7-8-17-12)14-9-10-5-3-2-4-6-10/h2-8,14H,9H2,1H3. The van der Waals surface area contributed by atoms with Gasteiger partial charge in [-0.2, -0.15) is 0 Å². The van der Waals surface area contributed by atoms with Gasteiger partial charge >= 0.3 is 5.97 Å². The van der Waals surface area contributed by atoms with Crippen LogP contribution in [0.4, 0.5) is 5.69 Å². The van der Waals surface area contributed by atoms with Crippen LogP contribution in [0.1, 0.15) is 15.2 Å². The van der Waals surface area contributed by atoms with Gasteiger partial charge in [0.25, 0.3) is 0 Å². The van der Waals surface area contributed by atoms with Crippen LogP contribution in [-0.4, -0.2) is 13.1 Å². The molecule has 0 spiro atoms. The van der Waals surface area contributed by atoms with E-state index in [1.54, 1.807) is 0 Å². The summed E-state index contributed by atoms with van der Waals surface area (Å²) in [7, 11) is 1.39. The number of hydrogen-bond acceptors (Lipinski definition) is 4. The summed E-state index contributed by atoms with van der Waals surface area (Å²) in [5, 5.41) is 5.11. The van der Waals surface area contributed by atoms with E-state index in [1.165, 1.54) is 24.0 Å². The van der Waals surface area contributed by atoms with Gasteiger partial charge in [-0.1, -0.05) is 30.3 Å². The number of carbonyl (C=O) groups excluding carboxylic acids is 1. The molecule has 2 rings (SSSR count). The predicted octanol–water partition coefficient (Wildman–Crippen LogP) is 3.15. The van der Waals surface area contributed by atoms with E-state index in [9.17, 15) is 4.79 Å². The van der Waals surface area contributed by atoms with Crippen LogP contribution in [0.5, 0.6) is 0 Å². The number of hydrogen-bond donors (Lipinski definition) is 1. The van der Waals surface area contributed by atoms with Gasteiger partial charge in [-0.3, -0.25) is 0 Å². The molecule has 4 heteroatoms. The van der Waals surface area contributed by atoms with Crippen LogP contribution in [-0.2, 0) is 11.3 Å².